The molecule has 1 aliphatic carbocycles. The predicted molar refractivity (Wildman–Crippen MR) is 73.1 cm³/mol. The van der Waals surface area contributed by atoms with Gasteiger partial charge in [0.15, 0.2) is 0 Å². The highest BCUT2D eigenvalue weighted by molar-refractivity contribution is 9.11. The van der Waals surface area contributed by atoms with E-state index >= 15 is 0 Å². The van der Waals surface area contributed by atoms with Crippen molar-refractivity contribution in [2.24, 2.45) is 11.3 Å². The van der Waals surface area contributed by atoms with E-state index in [0.717, 1.165) is 43.5 Å². The van der Waals surface area contributed by atoms with E-state index in [9.17, 15) is 4.79 Å². The monoisotopic (exact) mass is 311 g/mol. The molecule has 3 nitrogen and oxygen atoms in total. The van der Waals surface area contributed by atoms with Crippen LogP contribution in [0.5, 0.6) is 0 Å². The summed E-state index contributed by atoms with van der Waals surface area (Å²) >= 11 is 3.54. The number of nitrogens with zero attached hydrogens (tertiary/aromatic N) is 1. The van der Waals surface area contributed by atoms with Crippen molar-refractivity contribution in [2.45, 2.75) is 26.2 Å². The molecule has 4 heteroatoms. The minimum Gasteiger partial charge on any atom is -0.381 e. The highest BCUT2D eigenvalue weighted by Crippen LogP contribution is 2.52. The fraction of sp³-hybridized carbons (Fsp3) is 0.643. The maximum Gasteiger partial charge on any atom is 0.223 e. The van der Waals surface area contributed by atoms with E-state index in [1.165, 1.54) is 5.70 Å². The van der Waals surface area contributed by atoms with Gasteiger partial charge in [0.25, 0.3) is 0 Å². The summed E-state index contributed by atoms with van der Waals surface area (Å²) in [6, 6.07) is 0. The molecule has 3 aliphatic rings. The molecular weight excluding hydrogens is 294 g/mol. The van der Waals surface area contributed by atoms with Gasteiger partial charge in [-0.25, -0.2) is 0 Å². The standard InChI is InChI=1S/C14H18BrNO2/c1-10(17)16-9-14(4-6-18-7-5-14)12-3-2-11(15)8-13(12)16/h2,8,12H,3-7,9H2,1H3. The number of carbonyl (C=O) groups is 1. The van der Waals surface area contributed by atoms with Crippen LogP contribution < -0.4 is 0 Å². The third-order valence-corrected chi connectivity index (χ3v) is 5.14. The number of halogens is 1. The van der Waals surface area contributed by atoms with Gasteiger partial charge in [0.1, 0.15) is 0 Å². The van der Waals surface area contributed by atoms with E-state index in [-0.39, 0.29) is 11.3 Å². The van der Waals surface area contributed by atoms with Gasteiger partial charge in [-0.15, -0.1) is 0 Å². The van der Waals surface area contributed by atoms with Gasteiger partial charge in [0.2, 0.25) is 5.91 Å². The number of rotatable bonds is 0. The summed E-state index contributed by atoms with van der Waals surface area (Å²) in [5, 5.41) is 0. The van der Waals surface area contributed by atoms with Gasteiger partial charge in [-0.05, 0) is 25.3 Å². The van der Waals surface area contributed by atoms with Crippen molar-refractivity contribution in [2.75, 3.05) is 19.8 Å². The number of allylic oxidation sites excluding steroid dienone is 4. The van der Waals surface area contributed by atoms with Crippen molar-refractivity contribution < 1.29 is 9.53 Å². The minimum atomic E-state index is 0.164. The van der Waals surface area contributed by atoms with Gasteiger partial charge in [-0.2, -0.15) is 0 Å². The van der Waals surface area contributed by atoms with E-state index in [1.807, 2.05) is 4.90 Å². The summed E-state index contributed by atoms with van der Waals surface area (Å²) in [5.41, 5.74) is 1.46. The molecule has 0 aromatic heterocycles. The number of ether oxygens (including phenoxy) is 1. The molecule has 2 saturated heterocycles. The van der Waals surface area contributed by atoms with Crippen LogP contribution in [-0.4, -0.2) is 30.6 Å². The largest absolute Gasteiger partial charge is 0.381 e. The van der Waals surface area contributed by atoms with Crippen LogP contribution in [-0.2, 0) is 9.53 Å². The maximum absolute atomic E-state index is 11.9. The lowest BCUT2D eigenvalue weighted by molar-refractivity contribution is -0.127. The minimum absolute atomic E-state index is 0.164. The molecule has 0 N–H and O–H groups in total. The fourth-order valence-electron chi connectivity index (χ4n) is 3.58. The average molecular weight is 312 g/mol. The second kappa shape index (κ2) is 4.49. The quantitative estimate of drug-likeness (QED) is 0.688. The first-order chi connectivity index (χ1) is 8.62. The van der Waals surface area contributed by atoms with E-state index in [1.54, 1.807) is 6.92 Å². The Morgan fingerprint density at radius 2 is 2.22 bits per heavy atom. The highest BCUT2D eigenvalue weighted by atomic mass is 79.9. The van der Waals surface area contributed by atoms with Gasteiger partial charge in [0.05, 0.1) is 0 Å². The zero-order valence-corrected chi connectivity index (χ0v) is 12.2. The van der Waals surface area contributed by atoms with Crippen LogP contribution in [0, 0.1) is 11.3 Å². The summed E-state index contributed by atoms with van der Waals surface area (Å²) in [7, 11) is 0. The molecule has 1 amide bonds. The maximum atomic E-state index is 11.9. The van der Waals surface area contributed by atoms with Gasteiger partial charge in [0, 0.05) is 48.2 Å². The lowest BCUT2D eigenvalue weighted by Gasteiger charge is -2.38. The van der Waals surface area contributed by atoms with Crippen LogP contribution in [0.1, 0.15) is 26.2 Å². The Hall–Kier alpha value is -0.610. The van der Waals surface area contributed by atoms with Crippen molar-refractivity contribution >= 4 is 21.8 Å². The van der Waals surface area contributed by atoms with Crippen molar-refractivity contribution in [1.82, 2.24) is 4.90 Å². The number of likely N-dealkylation sites (tertiary alicyclic amines) is 1. The molecule has 1 atom stereocenters. The number of amides is 1. The van der Waals surface area contributed by atoms with Crippen LogP contribution in [0.3, 0.4) is 0 Å². The second-order valence-corrected chi connectivity index (χ2v) is 6.44. The summed E-state index contributed by atoms with van der Waals surface area (Å²) < 4.78 is 6.61. The summed E-state index contributed by atoms with van der Waals surface area (Å²) in [6.45, 7) is 4.21. The zero-order valence-electron chi connectivity index (χ0n) is 10.6. The van der Waals surface area contributed by atoms with E-state index in [4.69, 9.17) is 4.74 Å². The molecule has 0 aromatic rings. The molecule has 98 valence electrons. The Morgan fingerprint density at radius 1 is 1.50 bits per heavy atom. The Kier molecular flexibility index (Phi) is 3.10. The van der Waals surface area contributed by atoms with Gasteiger partial charge >= 0.3 is 0 Å². The van der Waals surface area contributed by atoms with Crippen molar-refractivity contribution in [1.29, 1.82) is 0 Å². The van der Waals surface area contributed by atoms with Crippen LogP contribution in [0.15, 0.2) is 22.3 Å². The molecular formula is C14H18BrNO2. The normalized spacial score (nSPS) is 29.9. The average Bonchev–Trinajstić information content (AvgIpc) is 2.65. The smallest absolute Gasteiger partial charge is 0.223 e. The number of hydrogen-bond acceptors (Lipinski definition) is 2. The summed E-state index contributed by atoms with van der Waals surface area (Å²) in [6.07, 6.45) is 7.54. The molecule has 0 saturated carbocycles. The summed E-state index contributed by atoms with van der Waals surface area (Å²) in [5.74, 6) is 0.656. The van der Waals surface area contributed by atoms with E-state index in [2.05, 4.69) is 28.1 Å². The molecule has 1 unspecified atom stereocenters. The molecule has 2 heterocycles. The lowest BCUT2D eigenvalue weighted by atomic mass is 9.69. The van der Waals surface area contributed by atoms with Crippen LogP contribution >= 0.6 is 15.9 Å². The van der Waals surface area contributed by atoms with Crippen molar-refractivity contribution in [3.8, 4) is 0 Å². The first-order valence-electron chi connectivity index (χ1n) is 6.55. The molecule has 3 rings (SSSR count). The Bertz CT molecular complexity index is 435. The highest BCUT2D eigenvalue weighted by Gasteiger charge is 2.51. The van der Waals surface area contributed by atoms with Crippen LogP contribution in [0.2, 0.25) is 0 Å². The second-order valence-electron chi connectivity index (χ2n) is 5.53. The Labute approximate surface area is 116 Å². The third kappa shape index (κ3) is 1.86. The van der Waals surface area contributed by atoms with Gasteiger partial charge < -0.3 is 9.64 Å². The fourth-order valence-corrected chi connectivity index (χ4v) is 4.00. The first-order valence-corrected chi connectivity index (χ1v) is 7.35. The van der Waals surface area contributed by atoms with Gasteiger partial charge in [-0.3, -0.25) is 4.79 Å². The molecule has 1 spiro atoms. The Morgan fingerprint density at radius 3 is 2.89 bits per heavy atom. The van der Waals surface area contributed by atoms with Gasteiger partial charge in [-0.1, -0.05) is 22.0 Å². The van der Waals surface area contributed by atoms with Crippen LogP contribution in [0.25, 0.3) is 0 Å². The number of fused-ring (bicyclic) bond motifs is 2. The third-order valence-electron chi connectivity index (χ3n) is 4.58. The van der Waals surface area contributed by atoms with Crippen LogP contribution in [0.4, 0.5) is 0 Å². The van der Waals surface area contributed by atoms with E-state index < -0.39 is 0 Å². The molecule has 0 radical (unpaired) electrons. The molecule has 0 bridgehead atoms. The summed E-state index contributed by atoms with van der Waals surface area (Å²) in [4.78, 5) is 13.8. The molecule has 2 aliphatic heterocycles. The van der Waals surface area contributed by atoms with Crippen molar-refractivity contribution in [3.63, 3.8) is 0 Å². The molecule has 18 heavy (non-hydrogen) atoms. The first kappa shape index (κ1) is 12.4. The Balaban J connectivity index is 1.97. The topological polar surface area (TPSA) is 29.5 Å². The zero-order chi connectivity index (χ0) is 12.8. The SMILES string of the molecule is CC(=O)N1CC2(CCOCC2)C2CC=C(Br)C=C21. The van der Waals surface area contributed by atoms with E-state index in [0.29, 0.717) is 5.92 Å². The predicted octanol–water partition coefficient (Wildman–Crippen LogP) is 2.83. The van der Waals surface area contributed by atoms with Crippen molar-refractivity contribution in [3.05, 3.63) is 22.3 Å². The number of carbonyl (C=O) groups excluding carboxylic acids is 1. The lowest BCUT2D eigenvalue weighted by Crippen LogP contribution is -2.37. The number of hydrogen-bond donors (Lipinski definition) is 0. The molecule has 0 aromatic carbocycles. The molecule has 2 fully saturated rings.